The Kier molecular flexibility index (Phi) is 7.93. The normalized spacial score (nSPS) is 15.0. The maximum absolute atomic E-state index is 4.22. The Labute approximate surface area is 139 Å². The van der Waals surface area contributed by atoms with E-state index in [1.807, 2.05) is 0 Å². The quantitative estimate of drug-likeness (QED) is 0.536. The maximum atomic E-state index is 4.22. The van der Waals surface area contributed by atoms with Gasteiger partial charge in [-0.3, -0.25) is 0 Å². The number of allylic oxidation sites excluding steroid dienone is 4. The van der Waals surface area contributed by atoms with E-state index < -0.39 is 0 Å². The molecular formula is C21H37N. The van der Waals surface area contributed by atoms with Crippen molar-refractivity contribution >= 4 is 0 Å². The number of rotatable bonds is 7. The Hall–Kier alpha value is -1.24. The van der Waals surface area contributed by atoms with Crippen LogP contribution < -0.4 is 5.32 Å². The molecule has 2 atom stereocenters. The molecule has 0 aromatic heterocycles. The van der Waals surface area contributed by atoms with Gasteiger partial charge in [-0.1, -0.05) is 65.0 Å². The predicted molar refractivity (Wildman–Crippen MR) is 102 cm³/mol. The highest BCUT2D eigenvalue weighted by atomic mass is 14.9. The molecule has 0 saturated heterocycles. The van der Waals surface area contributed by atoms with Crippen molar-refractivity contribution in [3.63, 3.8) is 0 Å². The lowest BCUT2D eigenvalue weighted by molar-refractivity contribution is 0.436. The molecule has 0 fully saturated rings. The molecule has 1 N–H and O–H groups in total. The second kappa shape index (κ2) is 8.41. The Morgan fingerprint density at radius 2 is 1.59 bits per heavy atom. The maximum Gasteiger partial charge on any atom is 0.0321 e. The van der Waals surface area contributed by atoms with E-state index in [2.05, 4.69) is 86.9 Å². The third-order valence-corrected chi connectivity index (χ3v) is 4.69. The zero-order valence-corrected chi connectivity index (χ0v) is 16.4. The summed E-state index contributed by atoms with van der Waals surface area (Å²) in [6.07, 6.45) is 3.33. The van der Waals surface area contributed by atoms with Crippen LogP contribution in [-0.2, 0) is 0 Å². The number of hydrogen-bond donors (Lipinski definition) is 1. The number of nitrogens with one attached hydrogen (secondary N) is 1. The molecule has 0 radical (unpaired) electrons. The van der Waals surface area contributed by atoms with Crippen molar-refractivity contribution in [3.05, 3.63) is 47.2 Å². The monoisotopic (exact) mass is 303 g/mol. The predicted octanol–water partition coefficient (Wildman–Crippen LogP) is 6.41. The van der Waals surface area contributed by atoms with Crippen molar-refractivity contribution in [1.29, 1.82) is 0 Å². The highest BCUT2D eigenvalue weighted by molar-refractivity contribution is 5.30. The fourth-order valence-corrected chi connectivity index (χ4v) is 2.15. The Morgan fingerprint density at radius 3 is 1.95 bits per heavy atom. The van der Waals surface area contributed by atoms with Gasteiger partial charge in [0, 0.05) is 11.7 Å². The summed E-state index contributed by atoms with van der Waals surface area (Å²) in [5, 5.41) is 3.62. The Balaban J connectivity index is 5.11. The van der Waals surface area contributed by atoms with Gasteiger partial charge < -0.3 is 5.32 Å². The number of hydrogen-bond acceptors (Lipinski definition) is 1. The smallest absolute Gasteiger partial charge is 0.0321 e. The van der Waals surface area contributed by atoms with Gasteiger partial charge in [0.15, 0.2) is 0 Å². The van der Waals surface area contributed by atoms with Crippen molar-refractivity contribution in [2.75, 3.05) is 0 Å². The second-order valence-electron chi connectivity index (χ2n) is 7.71. The van der Waals surface area contributed by atoms with Crippen LogP contribution in [0.4, 0.5) is 0 Å². The van der Waals surface area contributed by atoms with Crippen LogP contribution in [0.3, 0.4) is 0 Å². The highest BCUT2D eigenvalue weighted by Gasteiger charge is 2.20. The molecule has 0 amide bonds. The topological polar surface area (TPSA) is 12.0 Å². The van der Waals surface area contributed by atoms with E-state index in [0.29, 0.717) is 12.0 Å². The second-order valence-corrected chi connectivity index (χ2v) is 7.71. The average molecular weight is 304 g/mol. The zero-order chi connectivity index (χ0) is 17.7. The van der Waals surface area contributed by atoms with Crippen LogP contribution in [0.5, 0.6) is 0 Å². The highest BCUT2D eigenvalue weighted by Crippen LogP contribution is 2.28. The van der Waals surface area contributed by atoms with Gasteiger partial charge in [0.1, 0.15) is 0 Å². The van der Waals surface area contributed by atoms with E-state index in [1.165, 1.54) is 22.3 Å². The molecule has 0 aliphatic carbocycles. The van der Waals surface area contributed by atoms with Crippen molar-refractivity contribution in [3.8, 4) is 0 Å². The van der Waals surface area contributed by atoms with E-state index >= 15 is 0 Å². The molecule has 0 bridgehead atoms. The third kappa shape index (κ3) is 6.25. The van der Waals surface area contributed by atoms with Gasteiger partial charge in [0.2, 0.25) is 0 Å². The summed E-state index contributed by atoms with van der Waals surface area (Å²) in [5.74, 6) is 0.450. The first kappa shape index (κ1) is 20.8. The van der Waals surface area contributed by atoms with Crippen LogP contribution in [0.25, 0.3) is 0 Å². The lowest BCUT2D eigenvalue weighted by atomic mass is 9.83. The standard InChI is InChI=1S/C21H37N/c1-12-20(22-19(8)17(6)14(2)3)18(7)15(4)13-16(5)21(9,10)11/h13,18,20,22H,5,8,12H2,1-4,6-7,9-11H3/b15-13+. The molecule has 1 heteroatoms. The van der Waals surface area contributed by atoms with Crippen LogP contribution in [0, 0.1) is 11.3 Å². The first-order chi connectivity index (χ1) is 9.91. The van der Waals surface area contributed by atoms with Gasteiger partial charge in [-0.2, -0.15) is 0 Å². The molecule has 0 rings (SSSR count). The third-order valence-electron chi connectivity index (χ3n) is 4.69. The fourth-order valence-electron chi connectivity index (χ4n) is 2.15. The van der Waals surface area contributed by atoms with E-state index in [4.69, 9.17) is 0 Å². The van der Waals surface area contributed by atoms with Crippen molar-refractivity contribution in [2.24, 2.45) is 11.3 Å². The van der Waals surface area contributed by atoms with Crippen LogP contribution in [0.15, 0.2) is 47.2 Å². The molecule has 0 aliphatic heterocycles. The summed E-state index contributed by atoms with van der Waals surface area (Å²) >= 11 is 0. The van der Waals surface area contributed by atoms with Crippen molar-refractivity contribution in [1.82, 2.24) is 5.32 Å². The molecule has 0 aliphatic rings. The summed E-state index contributed by atoms with van der Waals surface area (Å²) in [7, 11) is 0. The molecule has 1 nitrogen and oxygen atoms in total. The Morgan fingerprint density at radius 1 is 1.09 bits per heavy atom. The van der Waals surface area contributed by atoms with E-state index in [-0.39, 0.29) is 5.41 Å². The van der Waals surface area contributed by atoms with Gasteiger partial charge in [-0.15, -0.1) is 0 Å². The minimum atomic E-state index is 0.123. The lowest BCUT2D eigenvalue weighted by Gasteiger charge is -2.28. The van der Waals surface area contributed by atoms with Crippen molar-refractivity contribution in [2.45, 2.75) is 74.8 Å². The first-order valence-corrected chi connectivity index (χ1v) is 8.39. The molecule has 2 unspecified atom stereocenters. The Bertz CT molecular complexity index is 465. The first-order valence-electron chi connectivity index (χ1n) is 8.39. The summed E-state index contributed by atoms with van der Waals surface area (Å²) in [6.45, 7) is 28.2. The van der Waals surface area contributed by atoms with Crippen molar-refractivity contribution < 1.29 is 0 Å². The minimum Gasteiger partial charge on any atom is -0.382 e. The van der Waals surface area contributed by atoms with Gasteiger partial charge in [0.25, 0.3) is 0 Å². The summed E-state index contributed by atoms with van der Waals surface area (Å²) in [5.41, 5.74) is 6.30. The largest absolute Gasteiger partial charge is 0.382 e. The average Bonchev–Trinajstić information content (AvgIpc) is 2.41. The molecule has 126 valence electrons. The minimum absolute atomic E-state index is 0.123. The molecule has 22 heavy (non-hydrogen) atoms. The van der Waals surface area contributed by atoms with Crippen LogP contribution in [0.1, 0.15) is 68.7 Å². The van der Waals surface area contributed by atoms with E-state index in [1.54, 1.807) is 0 Å². The van der Waals surface area contributed by atoms with Crippen LogP contribution in [0.2, 0.25) is 0 Å². The molecule has 0 heterocycles. The summed E-state index contributed by atoms with van der Waals surface area (Å²) < 4.78 is 0. The zero-order valence-electron chi connectivity index (χ0n) is 16.4. The molecular weight excluding hydrogens is 266 g/mol. The van der Waals surface area contributed by atoms with Gasteiger partial charge >= 0.3 is 0 Å². The van der Waals surface area contributed by atoms with Gasteiger partial charge in [-0.05, 0) is 56.6 Å². The summed E-state index contributed by atoms with van der Waals surface area (Å²) in [6, 6.07) is 0.394. The molecule has 0 aromatic rings. The van der Waals surface area contributed by atoms with Crippen LogP contribution in [-0.4, -0.2) is 6.04 Å². The van der Waals surface area contributed by atoms with Gasteiger partial charge in [0.05, 0.1) is 0 Å². The SMILES string of the molecule is C=C(NC(CC)C(C)/C(C)=C/C(=C)C(C)(C)C)C(C)=C(C)C. The lowest BCUT2D eigenvalue weighted by Crippen LogP contribution is -2.34. The van der Waals surface area contributed by atoms with E-state index in [9.17, 15) is 0 Å². The molecule has 0 aromatic carbocycles. The van der Waals surface area contributed by atoms with E-state index in [0.717, 1.165) is 12.1 Å². The summed E-state index contributed by atoms with van der Waals surface area (Å²) in [4.78, 5) is 0. The van der Waals surface area contributed by atoms with Gasteiger partial charge in [-0.25, -0.2) is 0 Å². The molecule has 0 saturated carbocycles. The molecule has 0 spiro atoms. The van der Waals surface area contributed by atoms with Crippen LogP contribution >= 0.6 is 0 Å². The fraction of sp³-hybridized carbons (Fsp3) is 0.619.